The SMILES string of the molecule is O=C(c1cccc2c1OCCN2)N(CCCO)C1CCC1. The van der Waals surface area contributed by atoms with E-state index in [1.165, 1.54) is 6.42 Å². The monoisotopic (exact) mass is 290 g/mol. The lowest BCUT2D eigenvalue weighted by atomic mass is 9.90. The fraction of sp³-hybridized carbons (Fsp3) is 0.562. The molecule has 5 nitrogen and oxygen atoms in total. The van der Waals surface area contributed by atoms with E-state index in [4.69, 9.17) is 9.84 Å². The second kappa shape index (κ2) is 6.35. The molecule has 5 heteroatoms. The van der Waals surface area contributed by atoms with Gasteiger partial charge in [-0.05, 0) is 37.8 Å². The Labute approximate surface area is 124 Å². The molecule has 1 saturated carbocycles. The van der Waals surface area contributed by atoms with Gasteiger partial charge >= 0.3 is 0 Å². The number of amides is 1. The van der Waals surface area contributed by atoms with Crippen LogP contribution in [0.5, 0.6) is 5.75 Å². The Balaban J connectivity index is 1.85. The number of anilines is 1. The van der Waals surface area contributed by atoms with Crippen LogP contribution >= 0.6 is 0 Å². The van der Waals surface area contributed by atoms with E-state index in [9.17, 15) is 4.79 Å². The summed E-state index contributed by atoms with van der Waals surface area (Å²) in [5.41, 5.74) is 1.52. The molecule has 0 bridgehead atoms. The molecule has 1 amide bonds. The largest absolute Gasteiger partial charge is 0.489 e. The second-order valence-corrected chi connectivity index (χ2v) is 5.62. The third-order valence-electron chi connectivity index (χ3n) is 4.24. The molecule has 0 radical (unpaired) electrons. The molecule has 21 heavy (non-hydrogen) atoms. The van der Waals surface area contributed by atoms with Gasteiger partial charge in [0.05, 0.1) is 11.3 Å². The number of hydrogen-bond acceptors (Lipinski definition) is 4. The first-order chi connectivity index (χ1) is 10.3. The minimum atomic E-state index is 0.0219. The number of para-hydroxylation sites is 1. The lowest BCUT2D eigenvalue weighted by Gasteiger charge is -2.38. The zero-order valence-electron chi connectivity index (χ0n) is 12.2. The summed E-state index contributed by atoms with van der Waals surface area (Å²) in [6, 6.07) is 5.97. The number of benzene rings is 1. The molecule has 0 unspecified atom stereocenters. The van der Waals surface area contributed by atoms with E-state index in [0.29, 0.717) is 36.9 Å². The maximum Gasteiger partial charge on any atom is 0.257 e. The Hall–Kier alpha value is -1.75. The van der Waals surface area contributed by atoms with Crippen LogP contribution < -0.4 is 10.1 Å². The average molecular weight is 290 g/mol. The lowest BCUT2D eigenvalue weighted by Crippen LogP contribution is -2.45. The van der Waals surface area contributed by atoms with Gasteiger partial charge in [-0.3, -0.25) is 4.79 Å². The summed E-state index contributed by atoms with van der Waals surface area (Å²) in [5.74, 6) is 0.691. The molecule has 3 rings (SSSR count). The first kappa shape index (κ1) is 14.2. The summed E-state index contributed by atoms with van der Waals surface area (Å²) in [6.45, 7) is 2.07. The predicted octanol–water partition coefficient (Wildman–Crippen LogP) is 1.87. The highest BCUT2D eigenvalue weighted by molar-refractivity contribution is 5.99. The normalized spacial score (nSPS) is 17.2. The van der Waals surface area contributed by atoms with E-state index in [-0.39, 0.29) is 12.5 Å². The van der Waals surface area contributed by atoms with Crippen LogP contribution in [0.4, 0.5) is 5.69 Å². The van der Waals surface area contributed by atoms with Crippen molar-refractivity contribution in [1.29, 1.82) is 0 Å². The number of carbonyl (C=O) groups is 1. The van der Waals surface area contributed by atoms with Gasteiger partial charge in [0.1, 0.15) is 6.61 Å². The quantitative estimate of drug-likeness (QED) is 0.869. The molecule has 1 aliphatic carbocycles. The standard InChI is InChI=1S/C16H22N2O3/c19-10-3-9-18(12-4-1-5-12)16(20)13-6-2-7-14-15(13)21-11-8-17-14/h2,6-7,12,17,19H,1,3-5,8-11H2. The Bertz CT molecular complexity index is 514. The van der Waals surface area contributed by atoms with Crippen molar-refractivity contribution in [1.82, 2.24) is 4.90 Å². The van der Waals surface area contributed by atoms with Gasteiger partial charge in [-0.15, -0.1) is 0 Å². The number of aliphatic hydroxyl groups excluding tert-OH is 1. The highest BCUT2D eigenvalue weighted by Crippen LogP contribution is 2.34. The summed E-state index contributed by atoms with van der Waals surface area (Å²) in [4.78, 5) is 14.8. The molecule has 1 heterocycles. The number of ether oxygens (including phenoxy) is 1. The number of rotatable bonds is 5. The number of carbonyl (C=O) groups excluding carboxylic acids is 1. The van der Waals surface area contributed by atoms with Crippen LogP contribution in [0.25, 0.3) is 0 Å². The van der Waals surface area contributed by atoms with Crippen molar-refractivity contribution < 1.29 is 14.6 Å². The first-order valence-corrected chi connectivity index (χ1v) is 7.73. The molecule has 114 valence electrons. The zero-order valence-corrected chi connectivity index (χ0v) is 12.2. The third-order valence-corrected chi connectivity index (χ3v) is 4.24. The Morgan fingerprint density at radius 1 is 1.43 bits per heavy atom. The highest BCUT2D eigenvalue weighted by Gasteiger charge is 2.31. The van der Waals surface area contributed by atoms with Crippen LogP contribution in [-0.4, -0.2) is 48.3 Å². The van der Waals surface area contributed by atoms with Crippen molar-refractivity contribution in [3.63, 3.8) is 0 Å². The molecular formula is C16H22N2O3. The van der Waals surface area contributed by atoms with Crippen molar-refractivity contribution in [2.24, 2.45) is 0 Å². The van der Waals surface area contributed by atoms with Crippen molar-refractivity contribution in [2.45, 2.75) is 31.7 Å². The minimum absolute atomic E-state index is 0.0219. The number of hydrogen-bond donors (Lipinski definition) is 2. The molecule has 0 spiro atoms. The smallest absolute Gasteiger partial charge is 0.257 e. The number of nitrogens with zero attached hydrogens (tertiary/aromatic N) is 1. The first-order valence-electron chi connectivity index (χ1n) is 7.73. The van der Waals surface area contributed by atoms with Gasteiger partial charge in [0, 0.05) is 25.7 Å². The fourth-order valence-electron chi connectivity index (χ4n) is 2.88. The maximum absolute atomic E-state index is 12.9. The van der Waals surface area contributed by atoms with Gasteiger partial charge in [0.15, 0.2) is 5.75 Å². The minimum Gasteiger partial charge on any atom is -0.489 e. The van der Waals surface area contributed by atoms with Gasteiger partial charge in [0.2, 0.25) is 0 Å². The van der Waals surface area contributed by atoms with Crippen LogP contribution in [0.2, 0.25) is 0 Å². The van der Waals surface area contributed by atoms with Crippen LogP contribution in [0.3, 0.4) is 0 Å². The maximum atomic E-state index is 12.9. The number of nitrogens with one attached hydrogen (secondary N) is 1. The van der Waals surface area contributed by atoms with Gasteiger partial charge < -0.3 is 20.1 Å². The molecule has 1 fully saturated rings. The van der Waals surface area contributed by atoms with Gasteiger partial charge in [-0.2, -0.15) is 0 Å². The Morgan fingerprint density at radius 2 is 2.29 bits per heavy atom. The molecule has 0 saturated heterocycles. The van der Waals surface area contributed by atoms with Crippen molar-refractivity contribution in [2.75, 3.05) is 31.6 Å². The summed E-state index contributed by atoms with van der Waals surface area (Å²) in [6.07, 6.45) is 3.92. The fourth-order valence-corrected chi connectivity index (χ4v) is 2.88. The molecule has 0 aromatic heterocycles. The van der Waals surface area contributed by atoms with Crippen molar-refractivity contribution >= 4 is 11.6 Å². The van der Waals surface area contributed by atoms with Crippen molar-refractivity contribution in [3.8, 4) is 5.75 Å². The average Bonchev–Trinajstić information content (AvgIpc) is 2.48. The van der Waals surface area contributed by atoms with Crippen LogP contribution in [0, 0.1) is 0 Å². The number of fused-ring (bicyclic) bond motifs is 1. The molecule has 2 N–H and O–H groups in total. The van der Waals surface area contributed by atoms with Crippen LogP contribution in [-0.2, 0) is 0 Å². The van der Waals surface area contributed by atoms with Crippen LogP contribution in [0.1, 0.15) is 36.0 Å². The molecule has 2 aliphatic rings. The molecule has 1 aromatic carbocycles. The second-order valence-electron chi connectivity index (χ2n) is 5.62. The summed E-state index contributed by atoms with van der Waals surface area (Å²) in [7, 11) is 0. The van der Waals surface area contributed by atoms with E-state index in [2.05, 4.69) is 5.32 Å². The van der Waals surface area contributed by atoms with E-state index in [1.807, 2.05) is 23.1 Å². The van der Waals surface area contributed by atoms with Crippen molar-refractivity contribution in [3.05, 3.63) is 23.8 Å². The third kappa shape index (κ3) is 2.83. The van der Waals surface area contributed by atoms with Gasteiger partial charge in [-0.1, -0.05) is 6.07 Å². The molecular weight excluding hydrogens is 268 g/mol. The van der Waals surface area contributed by atoms with E-state index < -0.39 is 0 Å². The number of aliphatic hydroxyl groups is 1. The Morgan fingerprint density at radius 3 is 3.00 bits per heavy atom. The van der Waals surface area contributed by atoms with Crippen LogP contribution in [0.15, 0.2) is 18.2 Å². The molecule has 1 aliphatic heterocycles. The van der Waals surface area contributed by atoms with E-state index in [0.717, 1.165) is 25.1 Å². The Kier molecular flexibility index (Phi) is 4.29. The predicted molar refractivity (Wildman–Crippen MR) is 80.8 cm³/mol. The molecule has 1 aromatic rings. The summed E-state index contributed by atoms with van der Waals surface area (Å²) < 4.78 is 5.70. The summed E-state index contributed by atoms with van der Waals surface area (Å²) >= 11 is 0. The van der Waals surface area contributed by atoms with E-state index >= 15 is 0 Å². The van der Waals surface area contributed by atoms with Gasteiger partial charge in [0.25, 0.3) is 5.91 Å². The van der Waals surface area contributed by atoms with Gasteiger partial charge in [-0.25, -0.2) is 0 Å². The zero-order chi connectivity index (χ0) is 14.7. The topological polar surface area (TPSA) is 61.8 Å². The summed E-state index contributed by atoms with van der Waals surface area (Å²) in [5, 5.41) is 12.3. The lowest BCUT2D eigenvalue weighted by molar-refractivity contribution is 0.0558. The highest BCUT2D eigenvalue weighted by atomic mass is 16.5. The van der Waals surface area contributed by atoms with E-state index in [1.54, 1.807) is 0 Å². The molecule has 0 atom stereocenters.